The fraction of sp³-hybridized carbons (Fsp3) is 0.684. The topological polar surface area (TPSA) is 21.3 Å². The van der Waals surface area contributed by atoms with Crippen molar-refractivity contribution in [1.29, 1.82) is 0 Å². The van der Waals surface area contributed by atoms with Gasteiger partial charge >= 0.3 is 0 Å². The van der Waals surface area contributed by atoms with Gasteiger partial charge in [0, 0.05) is 17.6 Å². The standard InChI is InChI=1S/C19H31NO/c1-13(2)16-11-10-14(3)12-18(16)20-15(4)17-8-6-7-9-19(17)21-5/h6-9,13-16,18,20H,10-12H2,1-5H3/t14?,15-,16?,18?/m1/s1. The summed E-state index contributed by atoms with van der Waals surface area (Å²) >= 11 is 0. The molecule has 3 unspecified atom stereocenters. The van der Waals surface area contributed by atoms with E-state index in [0.29, 0.717) is 12.1 Å². The maximum atomic E-state index is 5.51. The van der Waals surface area contributed by atoms with Crippen LogP contribution in [0.2, 0.25) is 0 Å². The van der Waals surface area contributed by atoms with Crippen molar-refractivity contribution in [3.05, 3.63) is 29.8 Å². The van der Waals surface area contributed by atoms with Crippen LogP contribution in [0.3, 0.4) is 0 Å². The third-order valence-corrected chi connectivity index (χ3v) is 5.09. The molecular weight excluding hydrogens is 258 g/mol. The van der Waals surface area contributed by atoms with Gasteiger partial charge < -0.3 is 10.1 Å². The first kappa shape index (κ1) is 16.4. The van der Waals surface area contributed by atoms with Gasteiger partial charge in [-0.15, -0.1) is 0 Å². The van der Waals surface area contributed by atoms with Crippen LogP contribution in [0.4, 0.5) is 0 Å². The lowest BCUT2D eigenvalue weighted by molar-refractivity contribution is 0.160. The van der Waals surface area contributed by atoms with E-state index < -0.39 is 0 Å². The van der Waals surface area contributed by atoms with E-state index in [1.165, 1.54) is 24.8 Å². The van der Waals surface area contributed by atoms with Gasteiger partial charge in [0.2, 0.25) is 0 Å². The van der Waals surface area contributed by atoms with Gasteiger partial charge in [-0.25, -0.2) is 0 Å². The summed E-state index contributed by atoms with van der Waals surface area (Å²) in [6, 6.07) is 9.31. The van der Waals surface area contributed by atoms with Crippen LogP contribution in [0.5, 0.6) is 5.75 Å². The number of methoxy groups -OCH3 is 1. The molecule has 0 radical (unpaired) electrons. The van der Waals surface area contributed by atoms with E-state index in [-0.39, 0.29) is 0 Å². The van der Waals surface area contributed by atoms with Crippen molar-refractivity contribution in [2.24, 2.45) is 17.8 Å². The lowest BCUT2D eigenvalue weighted by atomic mass is 9.73. The Bertz CT molecular complexity index is 443. The molecule has 0 bridgehead atoms. The van der Waals surface area contributed by atoms with E-state index >= 15 is 0 Å². The molecule has 118 valence electrons. The molecule has 0 heterocycles. The Morgan fingerprint density at radius 2 is 1.86 bits per heavy atom. The highest BCUT2D eigenvalue weighted by atomic mass is 16.5. The van der Waals surface area contributed by atoms with Crippen molar-refractivity contribution in [2.75, 3.05) is 7.11 Å². The Labute approximate surface area is 130 Å². The van der Waals surface area contributed by atoms with Crippen LogP contribution < -0.4 is 10.1 Å². The smallest absolute Gasteiger partial charge is 0.123 e. The predicted octanol–water partition coefficient (Wildman–Crippen LogP) is 4.81. The Morgan fingerprint density at radius 1 is 1.14 bits per heavy atom. The average Bonchev–Trinajstić information content (AvgIpc) is 2.46. The minimum atomic E-state index is 0.331. The zero-order valence-electron chi connectivity index (χ0n) is 14.2. The van der Waals surface area contributed by atoms with Crippen molar-refractivity contribution in [1.82, 2.24) is 5.32 Å². The summed E-state index contributed by atoms with van der Waals surface area (Å²) in [7, 11) is 1.76. The molecule has 2 heteroatoms. The molecule has 1 aliphatic rings. The minimum Gasteiger partial charge on any atom is -0.496 e. The van der Waals surface area contributed by atoms with Gasteiger partial charge in [-0.2, -0.15) is 0 Å². The Hall–Kier alpha value is -1.02. The molecule has 21 heavy (non-hydrogen) atoms. The van der Waals surface area contributed by atoms with Crippen LogP contribution in [-0.2, 0) is 0 Å². The van der Waals surface area contributed by atoms with Crippen LogP contribution in [0.15, 0.2) is 24.3 Å². The molecule has 1 N–H and O–H groups in total. The monoisotopic (exact) mass is 289 g/mol. The van der Waals surface area contributed by atoms with Crippen molar-refractivity contribution in [3.63, 3.8) is 0 Å². The van der Waals surface area contributed by atoms with E-state index in [1.807, 2.05) is 6.07 Å². The fourth-order valence-corrected chi connectivity index (χ4v) is 3.83. The zero-order chi connectivity index (χ0) is 15.4. The highest BCUT2D eigenvalue weighted by Crippen LogP contribution is 2.35. The van der Waals surface area contributed by atoms with Gasteiger partial charge in [0.15, 0.2) is 0 Å². The molecule has 0 aromatic heterocycles. The molecule has 0 spiro atoms. The van der Waals surface area contributed by atoms with Gasteiger partial charge in [0.05, 0.1) is 7.11 Å². The van der Waals surface area contributed by atoms with Crippen molar-refractivity contribution in [3.8, 4) is 5.75 Å². The molecular formula is C19H31NO. The first-order chi connectivity index (χ1) is 10.0. The third kappa shape index (κ3) is 4.00. The predicted molar refractivity (Wildman–Crippen MR) is 89.7 cm³/mol. The van der Waals surface area contributed by atoms with Gasteiger partial charge in [-0.1, -0.05) is 45.4 Å². The SMILES string of the molecule is COc1ccccc1[C@@H](C)NC1CC(C)CCC1C(C)C. The number of rotatable bonds is 5. The van der Waals surface area contributed by atoms with Gasteiger partial charge in [0.1, 0.15) is 5.75 Å². The van der Waals surface area contributed by atoms with Crippen molar-refractivity contribution < 1.29 is 4.74 Å². The molecule has 1 aromatic rings. The van der Waals surface area contributed by atoms with Crippen LogP contribution in [0.1, 0.15) is 58.6 Å². The van der Waals surface area contributed by atoms with E-state index in [4.69, 9.17) is 4.74 Å². The number of ether oxygens (including phenoxy) is 1. The molecule has 0 aliphatic heterocycles. The molecule has 2 rings (SSSR count). The summed E-state index contributed by atoms with van der Waals surface area (Å²) in [4.78, 5) is 0. The molecule has 1 aromatic carbocycles. The fourth-order valence-electron chi connectivity index (χ4n) is 3.83. The summed E-state index contributed by atoms with van der Waals surface area (Å²) in [5.74, 6) is 3.36. The largest absolute Gasteiger partial charge is 0.496 e. The van der Waals surface area contributed by atoms with E-state index in [0.717, 1.165) is 23.5 Å². The Kier molecular flexibility index (Phi) is 5.69. The highest BCUT2D eigenvalue weighted by Gasteiger charge is 2.31. The van der Waals surface area contributed by atoms with Crippen molar-refractivity contribution >= 4 is 0 Å². The van der Waals surface area contributed by atoms with Crippen molar-refractivity contribution in [2.45, 2.75) is 59.0 Å². The molecule has 1 fully saturated rings. The number of hydrogen-bond donors (Lipinski definition) is 1. The van der Waals surface area contributed by atoms with Crippen LogP contribution in [-0.4, -0.2) is 13.2 Å². The third-order valence-electron chi connectivity index (χ3n) is 5.09. The van der Waals surface area contributed by atoms with E-state index in [1.54, 1.807) is 7.11 Å². The number of para-hydroxylation sites is 1. The summed E-state index contributed by atoms with van der Waals surface area (Å²) in [5.41, 5.74) is 1.26. The van der Waals surface area contributed by atoms with Gasteiger partial charge in [-0.3, -0.25) is 0 Å². The Balaban J connectivity index is 2.10. The zero-order valence-corrected chi connectivity index (χ0v) is 14.2. The summed E-state index contributed by atoms with van der Waals surface area (Å²) in [5, 5.41) is 3.89. The molecule has 1 saturated carbocycles. The second-order valence-electron chi connectivity index (χ2n) is 7.06. The van der Waals surface area contributed by atoms with Gasteiger partial charge in [0.25, 0.3) is 0 Å². The molecule has 1 aliphatic carbocycles. The number of hydrogen-bond acceptors (Lipinski definition) is 2. The van der Waals surface area contributed by atoms with Crippen LogP contribution >= 0.6 is 0 Å². The van der Waals surface area contributed by atoms with E-state index in [9.17, 15) is 0 Å². The van der Waals surface area contributed by atoms with Crippen LogP contribution in [0.25, 0.3) is 0 Å². The summed E-state index contributed by atoms with van der Waals surface area (Å²) in [6.07, 6.45) is 4.03. The average molecular weight is 289 g/mol. The van der Waals surface area contributed by atoms with E-state index in [2.05, 4.69) is 51.2 Å². The lowest BCUT2D eigenvalue weighted by Crippen LogP contribution is -2.43. The first-order valence-electron chi connectivity index (χ1n) is 8.41. The molecule has 4 atom stereocenters. The maximum absolute atomic E-state index is 5.51. The Morgan fingerprint density at radius 3 is 2.52 bits per heavy atom. The quantitative estimate of drug-likeness (QED) is 0.840. The van der Waals surface area contributed by atoms with Crippen LogP contribution in [0, 0.1) is 17.8 Å². The first-order valence-corrected chi connectivity index (χ1v) is 8.41. The van der Waals surface area contributed by atoms with Gasteiger partial charge in [-0.05, 0) is 43.6 Å². The summed E-state index contributed by atoms with van der Waals surface area (Å²) < 4.78 is 5.51. The second kappa shape index (κ2) is 7.31. The summed E-state index contributed by atoms with van der Waals surface area (Å²) in [6.45, 7) is 9.37. The molecule has 0 amide bonds. The number of benzene rings is 1. The molecule has 2 nitrogen and oxygen atoms in total. The number of nitrogens with one attached hydrogen (secondary N) is 1. The minimum absolute atomic E-state index is 0.331. The highest BCUT2D eigenvalue weighted by molar-refractivity contribution is 5.35. The maximum Gasteiger partial charge on any atom is 0.123 e. The normalized spacial score (nSPS) is 27.6. The molecule has 0 saturated heterocycles. The lowest BCUT2D eigenvalue weighted by Gasteiger charge is -2.39. The second-order valence-corrected chi connectivity index (χ2v) is 7.06.